The van der Waals surface area contributed by atoms with E-state index in [4.69, 9.17) is 14.2 Å². The van der Waals surface area contributed by atoms with Crippen molar-refractivity contribution in [2.75, 3.05) is 26.3 Å². The van der Waals surface area contributed by atoms with Crippen LogP contribution in [0.25, 0.3) is 11.1 Å². The van der Waals surface area contributed by atoms with Crippen LogP contribution in [0.3, 0.4) is 0 Å². The highest BCUT2D eigenvalue weighted by molar-refractivity contribution is 5.70. The molecule has 250 valence electrons. The molecule has 3 N–H and O–H groups in total. The van der Waals surface area contributed by atoms with E-state index in [1.165, 1.54) is 18.1 Å². The maximum atomic E-state index is 11.2. The molecule has 0 saturated carbocycles. The Labute approximate surface area is 279 Å². The van der Waals surface area contributed by atoms with Crippen LogP contribution in [-0.2, 0) is 29.2 Å². The summed E-state index contributed by atoms with van der Waals surface area (Å²) in [5.41, 5.74) is 6.02. The zero-order valence-electron chi connectivity index (χ0n) is 27.5. The maximum absolute atomic E-state index is 11.2. The van der Waals surface area contributed by atoms with E-state index in [9.17, 15) is 15.0 Å². The number of carbonyl (C=O) groups excluding carboxylic acids is 1. The molecule has 0 heterocycles. The molecule has 4 rings (SSSR count). The van der Waals surface area contributed by atoms with E-state index < -0.39 is 12.1 Å². The van der Waals surface area contributed by atoms with Crippen molar-refractivity contribution in [3.8, 4) is 22.6 Å². The van der Waals surface area contributed by atoms with Gasteiger partial charge in [-0.15, -0.1) is 0 Å². The van der Waals surface area contributed by atoms with Crippen LogP contribution in [0.5, 0.6) is 11.5 Å². The minimum atomic E-state index is -0.702. The second-order valence-electron chi connectivity index (χ2n) is 11.8. The molecule has 4 aromatic rings. The summed E-state index contributed by atoms with van der Waals surface area (Å²) in [7, 11) is 0. The molecule has 7 nitrogen and oxygen atoms in total. The molecule has 0 saturated heterocycles. The largest absolute Gasteiger partial charge is 0.489 e. The molecule has 4 aromatic carbocycles. The zero-order valence-corrected chi connectivity index (χ0v) is 27.5. The van der Waals surface area contributed by atoms with Gasteiger partial charge in [0.2, 0.25) is 0 Å². The van der Waals surface area contributed by atoms with Crippen LogP contribution in [0.1, 0.15) is 73.8 Å². The van der Waals surface area contributed by atoms with E-state index in [0.717, 1.165) is 81.6 Å². The summed E-state index contributed by atoms with van der Waals surface area (Å²) in [6.45, 7) is 4.44. The number of aliphatic hydroxyl groups is 2. The Morgan fingerprint density at radius 2 is 1.49 bits per heavy atom. The van der Waals surface area contributed by atoms with Crippen LogP contribution in [0.15, 0.2) is 97.1 Å². The quantitative estimate of drug-likeness (QED) is 0.0492. The Hall–Kier alpha value is -4.01. The average molecular weight is 640 g/mol. The first-order valence-corrected chi connectivity index (χ1v) is 16.8. The summed E-state index contributed by atoms with van der Waals surface area (Å²) in [6.07, 6.45) is 6.78. The average Bonchev–Trinajstić information content (AvgIpc) is 3.10. The molecule has 1 atom stereocenters. The number of benzene rings is 4. The number of aliphatic hydroxyl groups excluding tert-OH is 2. The smallest absolute Gasteiger partial charge is 0.308 e. The first-order valence-electron chi connectivity index (χ1n) is 16.8. The third kappa shape index (κ3) is 13.0. The summed E-state index contributed by atoms with van der Waals surface area (Å²) >= 11 is 0. The SMILES string of the molecule is CC(=O)Oc1ccc([C@@H](O)CNCCCCCCOCCCCc2cccc(-c3cccc(OCc4ccccc4)c3)c2)cc1CO. The highest BCUT2D eigenvalue weighted by atomic mass is 16.5. The van der Waals surface area contributed by atoms with Crippen molar-refractivity contribution in [3.05, 3.63) is 119 Å². The first kappa shape index (κ1) is 35.8. The maximum Gasteiger partial charge on any atom is 0.308 e. The lowest BCUT2D eigenvalue weighted by Crippen LogP contribution is -2.22. The zero-order chi connectivity index (χ0) is 33.1. The Morgan fingerprint density at radius 1 is 0.766 bits per heavy atom. The number of unbranched alkanes of at least 4 members (excludes halogenated alkanes) is 4. The minimum Gasteiger partial charge on any atom is -0.489 e. The molecule has 0 spiro atoms. The van der Waals surface area contributed by atoms with Crippen LogP contribution in [0, 0.1) is 0 Å². The fourth-order valence-electron chi connectivity index (χ4n) is 5.40. The number of esters is 1. The van der Waals surface area contributed by atoms with Crippen LogP contribution in [-0.4, -0.2) is 42.5 Å². The number of carbonyl (C=O) groups is 1. The molecule has 0 bridgehead atoms. The van der Waals surface area contributed by atoms with E-state index in [1.807, 2.05) is 24.3 Å². The summed E-state index contributed by atoms with van der Waals surface area (Å²) < 4.78 is 17.0. The van der Waals surface area contributed by atoms with Gasteiger partial charge in [0.1, 0.15) is 18.1 Å². The molecule has 0 fully saturated rings. The summed E-state index contributed by atoms with van der Waals surface area (Å²) in [4.78, 5) is 11.2. The lowest BCUT2D eigenvalue weighted by atomic mass is 10.0. The van der Waals surface area contributed by atoms with E-state index in [1.54, 1.807) is 18.2 Å². The van der Waals surface area contributed by atoms with Gasteiger partial charge < -0.3 is 29.7 Å². The van der Waals surface area contributed by atoms with Crippen molar-refractivity contribution in [2.24, 2.45) is 0 Å². The number of aryl methyl sites for hydroxylation is 1. The van der Waals surface area contributed by atoms with Gasteiger partial charge in [-0.2, -0.15) is 0 Å². The van der Waals surface area contributed by atoms with Crippen molar-refractivity contribution in [2.45, 2.75) is 71.2 Å². The molecule has 0 aliphatic heterocycles. The van der Waals surface area contributed by atoms with Crippen molar-refractivity contribution in [3.63, 3.8) is 0 Å². The normalized spacial score (nSPS) is 11.7. The molecule has 7 heteroatoms. The number of ether oxygens (including phenoxy) is 3. The van der Waals surface area contributed by atoms with E-state index in [0.29, 0.717) is 30.0 Å². The van der Waals surface area contributed by atoms with Gasteiger partial charge in [-0.1, -0.05) is 85.6 Å². The van der Waals surface area contributed by atoms with Crippen LogP contribution >= 0.6 is 0 Å². The number of rotatable bonds is 21. The fourth-order valence-corrected chi connectivity index (χ4v) is 5.40. The van der Waals surface area contributed by atoms with E-state index in [2.05, 4.69) is 59.9 Å². The standard InChI is InChI=1S/C40H49NO6/c1-31(43)47-40-21-20-36(26-37(40)29-42)39(44)28-41-22-8-2-3-9-23-45-24-10-7-13-32-16-11-17-34(25-32)35-18-12-19-38(27-35)46-30-33-14-5-4-6-15-33/h4-6,11-12,14-21,25-27,39,41-42,44H,2-3,7-10,13,22-24,28-30H2,1H3/t39-/m0/s1. The highest BCUT2D eigenvalue weighted by Crippen LogP contribution is 2.26. The van der Waals surface area contributed by atoms with Crippen LogP contribution < -0.4 is 14.8 Å². The summed E-state index contributed by atoms with van der Waals surface area (Å²) in [5, 5.41) is 23.3. The highest BCUT2D eigenvalue weighted by Gasteiger charge is 2.12. The van der Waals surface area contributed by atoms with Gasteiger partial charge in [0.05, 0.1) is 12.7 Å². The predicted octanol–water partition coefficient (Wildman–Crippen LogP) is 7.57. The third-order valence-corrected chi connectivity index (χ3v) is 7.97. The topological polar surface area (TPSA) is 97.3 Å². The van der Waals surface area contributed by atoms with Gasteiger partial charge in [-0.25, -0.2) is 0 Å². The Bertz CT molecular complexity index is 1490. The van der Waals surface area contributed by atoms with Crippen molar-refractivity contribution >= 4 is 5.97 Å². The molecule has 47 heavy (non-hydrogen) atoms. The molecule has 0 aliphatic rings. The summed E-state index contributed by atoms with van der Waals surface area (Å²) in [5.74, 6) is 0.749. The van der Waals surface area contributed by atoms with Gasteiger partial charge in [-0.3, -0.25) is 4.79 Å². The molecular weight excluding hydrogens is 590 g/mol. The molecule has 0 aromatic heterocycles. The molecule has 0 aliphatic carbocycles. The monoisotopic (exact) mass is 639 g/mol. The van der Waals surface area contributed by atoms with Crippen molar-refractivity contribution < 1.29 is 29.2 Å². The van der Waals surface area contributed by atoms with Crippen molar-refractivity contribution in [1.29, 1.82) is 0 Å². The molecule has 0 radical (unpaired) electrons. The summed E-state index contributed by atoms with van der Waals surface area (Å²) in [6, 6.07) is 32.3. The molecule has 0 unspecified atom stereocenters. The number of hydrogen-bond acceptors (Lipinski definition) is 7. The lowest BCUT2D eigenvalue weighted by molar-refractivity contribution is -0.131. The lowest BCUT2D eigenvalue weighted by Gasteiger charge is -2.15. The van der Waals surface area contributed by atoms with Crippen molar-refractivity contribution in [1.82, 2.24) is 5.32 Å². The van der Waals surface area contributed by atoms with Gasteiger partial charge in [0.25, 0.3) is 0 Å². The van der Waals surface area contributed by atoms with Gasteiger partial charge in [0.15, 0.2) is 0 Å². The van der Waals surface area contributed by atoms with Gasteiger partial charge >= 0.3 is 5.97 Å². The fraction of sp³-hybridized carbons (Fsp3) is 0.375. The molecule has 0 amide bonds. The Balaban J connectivity index is 1.02. The van der Waals surface area contributed by atoms with Crippen LogP contribution in [0.4, 0.5) is 0 Å². The van der Waals surface area contributed by atoms with Crippen LogP contribution in [0.2, 0.25) is 0 Å². The third-order valence-electron chi connectivity index (χ3n) is 7.97. The number of hydrogen-bond donors (Lipinski definition) is 3. The van der Waals surface area contributed by atoms with Gasteiger partial charge in [-0.05, 0) is 90.7 Å². The van der Waals surface area contributed by atoms with E-state index in [-0.39, 0.29) is 6.61 Å². The van der Waals surface area contributed by atoms with Gasteiger partial charge in [0, 0.05) is 32.2 Å². The predicted molar refractivity (Wildman–Crippen MR) is 186 cm³/mol. The first-order chi connectivity index (χ1) is 23.0. The second-order valence-corrected chi connectivity index (χ2v) is 11.8. The Kier molecular flexibility index (Phi) is 15.5. The second kappa shape index (κ2) is 20.3. The minimum absolute atomic E-state index is 0.266. The number of nitrogens with one attached hydrogen (secondary N) is 1. The van der Waals surface area contributed by atoms with E-state index >= 15 is 0 Å². The molecular formula is C40H49NO6. The Morgan fingerprint density at radius 3 is 2.28 bits per heavy atom.